The molecule has 20 heavy (non-hydrogen) atoms. The Labute approximate surface area is 114 Å². The van der Waals surface area contributed by atoms with Crippen LogP contribution in [0.25, 0.3) is 0 Å². The Morgan fingerprint density at radius 3 is 2.85 bits per heavy atom. The predicted molar refractivity (Wildman–Crippen MR) is 69.0 cm³/mol. The van der Waals surface area contributed by atoms with Gasteiger partial charge >= 0.3 is 12.0 Å². The molecular formula is C13H15FN2O4. The first-order chi connectivity index (χ1) is 9.47. The fourth-order valence-corrected chi connectivity index (χ4v) is 2.00. The van der Waals surface area contributed by atoms with Crippen LogP contribution in [0.15, 0.2) is 18.2 Å². The summed E-state index contributed by atoms with van der Waals surface area (Å²) in [6.07, 6.45) is 0. The topological polar surface area (TPSA) is 87.7 Å². The average molecular weight is 282 g/mol. The molecule has 0 bridgehead atoms. The van der Waals surface area contributed by atoms with Crippen LogP contribution in [0.5, 0.6) is 0 Å². The molecule has 0 radical (unpaired) electrons. The molecule has 108 valence electrons. The molecule has 1 aliphatic rings. The molecule has 1 fully saturated rings. The number of benzene rings is 1. The predicted octanol–water partition coefficient (Wildman–Crippen LogP) is 1.36. The number of ether oxygens (including phenoxy) is 1. The summed E-state index contributed by atoms with van der Waals surface area (Å²) in [5.74, 6) is -2.37. The van der Waals surface area contributed by atoms with Gasteiger partial charge in [0.2, 0.25) is 0 Å². The van der Waals surface area contributed by atoms with Crippen LogP contribution in [-0.2, 0) is 9.53 Å². The highest BCUT2D eigenvalue weighted by molar-refractivity contribution is 5.90. The van der Waals surface area contributed by atoms with E-state index in [4.69, 9.17) is 9.84 Å². The number of anilines is 1. The van der Waals surface area contributed by atoms with Gasteiger partial charge in [0.15, 0.2) is 0 Å². The van der Waals surface area contributed by atoms with Gasteiger partial charge in [-0.1, -0.05) is 6.07 Å². The lowest BCUT2D eigenvalue weighted by molar-refractivity contribution is -0.142. The molecule has 7 heteroatoms. The summed E-state index contributed by atoms with van der Waals surface area (Å²) < 4.78 is 18.5. The first kappa shape index (κ1) is 14.3. The largest absolute Gasteiger partial charge is 0.481 e. The summed E-state index contributed by atoms with van der Waals surface area (Å²) in [5, 5.41) is 13.8. The molecule has 1 saturated heterocycles. The van der Waals surface area contributed by atoms with Crippen LogP contribution in [-0.4, -0.2) is 36.4 Å². The number of halogens is 1. The smallest absolute Gasteiger partial charge is 0.319 e. The number of nitrogens with one attached hydrogen (secondary N) is 2. The lowest BCUT2D eigenvalue weighted by Gasteiger charge is -2.16. The maximum Gasteiger partial charge on any atom is 0.319 e. The zero-order valence-electron chi connectivity index (χ0n) is 10.9. The van der Waals surface area contributed by atoms with Gasteiger partial charge in [0.1, 0.15) is 11.7 Å². The second-order valence-electron chi connectivity index (χ2n) is 4.67. The maximum atomic E-state index is 13.5. The number of hydrogen-bond acceptors (Lipinski definition) is 3. The number of carboxylic acid groups (broad SMARTS) is 1. The Morgan fingerprint density at radius 2 is 2.15 bits per heavy atom. The number of carboxylic acids is 1. The average Bonchev–Trinajstić information content (AvgIpc) is 2.82. The standard InChI is InChI=1S/C13H15FN2O4/c1-7-2-3-9(14)10(4-7)15-13(19)16-11-6-20-5-8(11)12(17)18/h2-4,8,11H,5-6H2,1H3,(H,17,18)(H2,15,16,19). The van der Waals surface area contributed by atoms with Crippen molar-refractivity contribution in [2.75, 3.05) is 18.5 Å². The van der Waals surface area contributed by atoms with Crippen molar-refractivity contribution >= 4 is 17.7 Å². The molecule has 0 saturated carbocycles. The van der Waals surface area contributed by atoms with Crippen molar-refractivity contribution in [1.82, 2.24) is 5.32 Å². The van der Waals surface area contributed by atoms with Crippen LogP contribution in [0.1, 0.15) is 5.56 Å². The van der Waals surface area contributed by atoms with Crippen molar-refractivity contribution in [1.29, 1.82) is 0 Å². The Morgan fingerprint density at radius 1 is 1.40 bits per heavy atom. The maximum absolute atomic E-state index is 13.5. The number of carbonyl (C=O) groups excluding carboxylic acids is 1. The van der Waals surface area contributed by atoms with E-state index in [0.717, 1.165) is 5.56 Å². The van der Waals surface area contributed by atoms with E-state index in [1.165, 1.54) is 12.1 Å². The van der Waals surface area contributed by atoms with E-state index in [1.54, 1.807) is 13.0 Å². The normalized spacial score (nSPS) is 21.5. The van der Waals surface area contributed by atoms with E-state index in [-0.39, 0.29) is 18.9 Å². The molecular weight excluding hydrogens is 267 g/mol. The van der Waals surface area contributed by atoms with Crippen molar-refractivity contribution in [3.63, 3.8) is 0 Å². The highest BCUT2D eigenvalue weighted by atomic mass is 19.1. The zero-order chi connectivity index (χ0) is 14.7. The molecule has 3 N–H and O–H groups in total. The summed E-state index contributed by atoms with van der Waals surface area (Å²) in [7, 11) is 0. The van der Waals surface area contributed by atoms with E-state index in [0.29, 0.717) is 0 Å². The van der Waals surface area contributed by atoms with E-state index in [1.807, 2.05) is 0 Å². The molecule has 0 spiro atoms. The van der Waals surface area contributed by atoms with Gasteiger partial charge in [-0.05, 0) is 24.6 Å². The van der Waals surface area contributed by atoms with Crippen molar-refractivity contribution in [3.8, 4) is 0 Å². The summed E-state index contributed by atoms with van der Waals surface area (Å²) in [6.45, 7) is 1.95. The third-order valence-corrected chi connectivity index (χ3v) is 3.08. The quantitative estimate of drug-likeness (QED) is 0.781. The summed E-state index contributed by atoms with van der Waals surface area (Å²) in [6, 6.07) is 3.05. The minimum atomic E-state index is -1.03. The minimum Gasteiger partial charge on any atom is -0.481 e. The van der Waals surface area contributed by atoms with Crippen LogP contribution < -0.4 is 10.6 Å². The fraction of sp³-hybridized carbons (Fsp3) is 0.385. The second kappa shape index (κ2) is 5.87. The molecule has 1 aromatic rings. The van der Waals surface area contributed by atoms with Gasteiger partial charge in [-0.3, -0.25) is 4.79 Å². The van der Waals surface area contributed by atoms with Crippen LogP contribution in [0.3, 0.4) is 0 Å². The summed E-state index contributed by atoms with van der Waals surface area (Å²) in [5.41, 5.74) is 0.850. The van der Waals surface area contributed by atoms with Crippen molar-refractivity contribution in [2.24, 2.45) is 5.92 Å². The highest BCUT2D eigenvalue weighted by Crippen LogP contribution is 2.17. The lowest BCUT2D eigenvalue weighted by atomic mass is 10.0. The Bertz CT molecular complexity index is 535. The minimum absolute atomic E-state index is 0.0493. The van der Waals surface area contributed by atoms with Gasteiger partial charge in [-0.15, -0.1) is 0 Å². The molecule has 1 aliphatic heterocycles. The van der Waals surface area contributed by atoms with E-state index in [2.05, 4.69) is 10.6 Å². The third-order valence-electron chi connectivity index (χ3n) is 3.08. The molecule has 0 aromatic heterocycles. The Balaban J connectivity index is 1.99. The van der Waals surface area contributed by atoms with E-state index in [9.17, 15) is 14.0 Å². The monoisotopic (exact) mass is 282 g/mol. The van der Waals surface area contributed by atoms with Crippen LogP contribution in [0.4, 0.5) is 14.9 Å². The second-order valence-corrected chi connectivity index (χ2v) is 4.67. The molecule has 2 rings (SSSR count). The molecule has 2 atom stereocenters. The number of carbonyl (C=O) groups is 2. The number of amides is 2. The first-order valence-electron chi connectivity index (χ1n) is 6.11. The van der Waals surface area contributed by atoms with Gasteiger partial charge in [0.05, 0.1) is 24.9 Å². The van der Waals surface area contributed by atoms with E-state index >= 15 is 0 Å². The SMILES string of the molecule is Cc1ccc(F)c(NC(=O)NC2COCC2C(=O)O)c1. The Kier molecular flexibility index (Phi) is 4.19. The number of urea groups is 1. The van der Waals surface area contributed by atoms with Crippen LogP contribution >= 0.6 is 0 Å². The third kappa shape index (κ3) is 3.24. The molecule has 1 aromatic carbocycles. The van der Waals surface area contributed by atoms with Gasteiger partial charge in [-0.2, -0.15) is 0 Å². The Hall–Kier alpha value is -2.15. The molecule has 2 amide bonds. The number of hydrogen-bond donors (Lipinski definition) is 3. The lowest BCUT2D eigenvalue weighted by Crippen LogP contribution is -2.44. The van der Waals surface area contributed by atoms with Gasteiger partial charge < -0.3 is 20.5 Å². The number of aryl methyl sites for hydroxylation is 1. The van der Waals surface area contributed by atoms with Crippen molar-refractivity contribution in [2.45, 2.75) is 13.0 Å². The number of rotatable bonds is 3. The van der Waals surface area contributed by atoms with Crippen molar-refractivity contribution in [3.05, 3.63) is 29.6 Å². The molecule has 0 aliphatic carbocycles. The van der Waals surface area contributed by atoms with Gasteiger partial charge in [-0.25, -0.2) is 9.18 Å². The highest BCUT2D eigenvalue weighted by Gasteiger charge is 2.35. The van der Waals surface area contributed by atoms with Crippen LogP contribution in [0.2, 0.25) is 0 Å². The van der Waals surface area contributed by atoms with Gasteiger partial charge in [0.25, 0.3) is 0 Å². The molecule has 1 heterocycles. The summed E-state index contributed by atoms with van der Waals surface area (Å²) in [4.78, 5) is 22.7. The number of aliphatic carboxylic acids is 1. The van der Waals surface area contributed by atoms with Crippen molar-refractivity contribution < 1.29 is 23.8 Å². The molecule has 6 nitrogen and oxygen atoms in total. The van der Waals surface area contributed by atoms with E-state index < -0.39 is 29.8 Å². The molecule has 2 unspecified atom stereocenters. The fourth-order valence-electron chi connectivity index (χ4n) is 2.00. The zero-order valence-corrected chi connectivity index (χ0v) is 10.9. The van der Waals surface area contributed by atoms with Gasteiger partial charge in [0, 0.05) is 0 Å². The first-order valence-corrected chi connectivity index (χ1v) is 6.11. The van der Waals surface area contributed by atoms with Crippen LogP contribution in [0, 0.1) is 18.7 Å². The summed E-state index contributed by atoms with van der Waals surface area (Å²) >= 11 is 0.